The molecule has 1 aromatic rings. The molecule has 0 bridgehead atoms. The van der Waals surface area contributed by atoms with Crippen LogP contribution in [0.25, 0.3) is 0 Å². The molecule has 94 valence electrons. The first kappa shape index (κ1) is 13.1. The zero-order valence-electron chi connectivity index (χ0n) is 10.3. The minimum Gasteiger partial charge on any atom is -0.383 e. The fourth-order valence-electron chi connectivity index (χ4n) is 2.02. The second-order valence-corrected chi connectivity index (χ2v) is 5.71. The third-order valence-electron chi connectivity index (χ3n) is 3.21. The summed E-state index contributed by atoms with van der Waals surface area (Å²) in [7, 11) is 2.20. The van der Waals surface area contributed by atoms with Crippen molar-refractivity contribution in [3.8, 4) is 0 Å². The number of halogens is 1. The van der Waals surface area contributed by atoms with Gasteiger partial charge in [0, 0.05) is 48.5 Å². The fourth-order valence-corrected chi connectivity index (χ4v) is 2.60. The van der Waals surface area contributed by atoms with E-state index < -0.39 is 0 Å². The maximum Gasteiger partial charge on any atom is 0.0476 e. The molecule has 0 atom stereocenters. The first-order valence-corrected chi connectivity index (χ1v) is 7.23. The van der Waals surface area contributed by atoms with E-state index >= 15 is 0 Å². The van der Waals surface area contributed by atoms with Gasteiger partial charge in [0.25, 0.3) is 0 Å². The maximum atomic E-state index is 3.51. The Kier molecular flexibility index (Phi) is 5.06. The van der Waals surface area contributed by atoms with E-state index in [2.05, 4.69) is 69.0 Å². The highest BCUT2D eigenvalue weighted by atomic mass is 127. The third-order valence-corrected chi connectivity index (χ3v) is 4.15. The maximum absolute atomic E-state index is 3.51. The van der Waals surface area contributed by atoms with Crippen molar-refractivity contribution < 1.29 is 0 Å². The Morgan fingerprint density at radius 1 is 1.18 bits per heavy atom. The van der Waals surface area contributed by atoms with Crippen LogP contribution in [0.3, 0.4) is 0 Å². The number of rotatable bonds is 4. The number of likely N-dealkylation sites (N-methyl/N-ethyl adjacent to an activating group) is 1. The number of anilines is 1. The van der Waals surface area contributed by atoms with E-state index in [0.717, 1.165) is 13.1 Å². The third kappa shape index (κ3) is 4.12. The number of hydrogen-bond donors (Lipinski definition) is 1. The second-order valence-electron chi connectivity index (χ2n) is 4.55. The summed E-state index contributed by atoms with van der Waals surface area (Å²) in [5.41, 5.74) is 1.25. The summed E-state index contributed by atoms with van der Waals surface area (Å²) in [6.45, 7) is 6.96. The largest absolute Gasteiger partial charge is 0.383 e. The molecule has 3 nitrogen and oxygen atoms in total. The molecular formula is C13H20IN3. The van der Waals surface area contributed by atoms with Crippen molar-refractivity contribution in [1.82, 2.24) is 9.80 Å². The quantitative estimate of drug-likeness (QED) is 0.842. The van der Waals surface area contributed by atoms with E-state index in [0.29, 0.717) is 0 Å². The summed E-state index contributed by atoms with van der Waals surface area (Å²) in [5, 5.41) is 3.51. The molecule has 0 aliphatic carbocycles. The van der Waals surface area contributed by atoms with Gasteiger partial charge < -0.3 is 10.2 Å². The van der Waals surface area contributed by atoms with E-state index in [1.165, 1.54) is 35.4 Å². The van der Waals surface area contributed by atoms with Gasteiger partial charge in [-0.25, -0.2) is 0 Å². The highest BCUT2D eigenvalue weighted by Gasteiger charge is 2.12. The van der Waals surface area contributed by atoms with Crippen LogP contribution in [0.4, 0.5) is 5.69 Å². The van der Waals surface area contributed by atoms with Crippen LogP contribution in [-0.2, 0) is 0 Å². The Morgan fingerprint density at radius 3 is 2.59 bits per heavy atom. The lowest BCUT2D eigenvalue weighted by atomic mass is 10.3. The van der Waals surface area contributed by atoms with Crippen molar-refractivity contribution in [3.63, 3.8) is 0 Å². The van der Waals surface area contributed by atoms with Gasteiger partial charge in [0.1, 0.15) is 0 Å². The number of hydrogen-bond acceptors (Lipinski definition) is 3. The lowest BCUT2D eigenvalue weighted by Crippen LogP contribution is -2.45. The number of piperazine rings is 1. The standard InChI is InChI=1S/C13H20IN3/c1-16-8-10-17(11-9-16)7-6-15-13-5-3-2-4-12(13)14/h2-5,15H,6-11H2,1H3. The molecule has 0 amide bonds. The number of nitrogens with one attached hydrogen (secondary N) is 1. The minimum absolute atomic E-state index is 1.03. The smallest absolute Gasteiger partial charge is 0.0476 e. The first-order chi connectivity index (χ1) is 8.25. The zero-order chi connectivity index (χ0) is 12.1. The van der Waals surface area contributed by atoms with Crippen LogP contribution in [0.15, 0.2) is 24.3 Å². The topological polar surface area (TPSA) is 18.5 Å². The highest BCUT2D eigenvalue weighted by Crippen LogP contribution is 2.16. The van der Waals surface area contributed by atoms with Crippen molar-refractivity contribution in [1.29, 1.82) is 0 Å². The summed E-state index contributed by atoms with van der Waals surface area (Å²) < 4.78 is 1.29. The van der Waals surface area contributed by atoms with Crippen LogP contribution in [0.5, 0.6) is 0 Å². The summed E-state index contributed by atoms with van der Waals surface area (Å²) in [6, 6.07) is 8.44. The molecule has 0 unspecified atom stereocenters. The Balaban J connectivity index is 1.71. The fraction of sp³-hybridized carbons (Fsp3) is 0.538. The summed E-state index contributed by atoms with van der Waals surface area (Å²) in [5.74, 6) is 0. The van der Waals surface area contributed by atoms with Crippen molar-refractivity contribution in [2.75, 3.05) is 51.6 Å². The monoisotopic (exact) mass is 345 g/mol. The Bertz CT molecular complexity index is 348. The molecule has 0 radical (unpaired) electrons. The van der Waals surface area contributed by atoms with Gasteiger partial charge in [-0.05, 0) is 41.8 Å². The van der Waals surface area contributed by atoms with Gasteiger partial charge in [-0.1, -0.05) is 12.1 Å². The Morgan fingerprint density at radius 2 is 1.88 bits per heavy atom. The van der Waals surface area contributed by atoms with Crippen molar-refractivity contribution in [2.24, 2.45) is 0 Å². The molecule has 1 N–H and O–H groups in total. The van der Waals surface area contributed by atoms with E-state index in [4.69, 9.17) is 0 Å². The van der Waals surface area contributed by atoms with Crippen molar-refractivity contribution >= 4 is 28.3 Å². The van der Waals surface area contributed by atoms with E-state index in [9.17, 15) is 0 Å². The second kappa shape index (κ2) is 6.56. The highest BCUT2D eigenvalue weighted by molar-refractivity contribution is 14.1. The van der Waals surface area contributed by atoms with Crippen molar-refractivity contribution in [3.05, 3.63) is 27.8 Å². The lowest BCUT2D eigenvalue weighted by Gasteiger charge is -2.32. The van der Waals surface area contributed by atoms with Gasteiger partial charge in [-0.2, -0.15) is 0 Å². The molecule has 1 heterocycles. The predicted octanol–water partition coefficient (Wildman–Crippen LogP) is 1.95. The van der Waals surface area contributed by atoms with E-state index in [-0.39, 0.29) is 0 Å². The molecule has 17 heavy (non-hydrogen) atoms. The van der Waals surface area contributed by atoms with Crippen LogP contribution < -0.4 is 5.32 Å². The number of nitrogens with zero attached hydrogens (tertiary/aromatic N) is 2. The van der Waals surface area contributed by atoms with E-state index in [1.807, 2.05) is 0 Å². The molecule has 1 aliphatic rings. The molecule has 1 aliphatic heterocycles. The molecular weight excluding hydrogens is 325 g/mol. The lowest BCUT2D eigenvalue weighted by molar-refractivity contribution is 0.158. The zero-order valence-corrected chi connectivity index (χ0v) is 12.5. The predicted molar refractivity (Wildman–Crippen MR) is 81.6 cm³/mol. The first-order valence-electron chi connectivity index (χ1n) is 6.15. The summed E-state index contributed by atoms with van der Waals surface area (Å²) in [4.78, 5) is 4.92. The van der Waals surface area contributed by atoms with Crippen LogP contribution in [0.2, 0.25) is 0 Å². The SMILES string of the molecule is CN1CCN(CCNc2ccccc2I)CC1. The molecule has 1 fully saturated rings. The van der Waals surface area contributed by atoms with Gasteiger partial charge >= 0.3 is 0 Å². The van der Waals surface area contributed by atoms with Crippen LogP contribution in [0, 0.1) is 3.57 Å². The van der Waals surface area contributed by atoms with Gasteiger partial charge in [0.2, 0.25) is 0 Å². The molecule has 1 saturated heterocycles. The average Bonchev–Trinajstić information content (AvgIpc) is 2.34. The molecule has 0 aromatic heterocycles. The van der Waals surface area contributed by atoms with Crippen LogP contribution >= 0.6 is 22.6 Å². The summed E-state index contributed by atoms with van der Waals surface area (Å²) >= 11 is 2.37. The molecule has 4 heteroatoms. The average molecular weight is 345 g/mol. The van der Waals surface area contributed by atoms with Gasteiger partial charge in [0.05, 0.1) is 0 Å². The van der Waals surface area contributed by atoms with E-state index in [1.54, 1.807) is 0 Å². The van der Waals surface area contributed by atoms with Crippen molar-refractivity contribution in [2.45, 2.75) is 0 Å². The Hall–Kier alpha value is -0.330. The minimum atomic E-state index is 1.03. The summed E-state index contributed by atoms with van der Waals surface area (Å²) in [6.07, 6.45) is 0. The van der Waals surface area contributed by atoms with Gasteiger partial charge in [0.15, 0.2) is 0 Å². The molecule has 0 spiro atoms. The van der Waals surface area contributed by atoms with Gasteiger partial charge in [-0.15, -0.1) is 0 Å². The molecule has 1 aromatic carbocycles. The molecule has 0 saturated carbocycles. The van der Waals surface area contributed by atoms with Crippen LogP contribution in [0.1, 0.15) is 0 Å². The Labute approximate surface area is 117 Å². The normalized spacial score (nSPS) is 18.2. The number of benzene rings is 1. The molecule has 2 rings (SSSR count). The van der Waals surface area contributed by atoms with Gasteiger partial charge in [-0.3, -0.25) is 4.90 Å². The number of para-hydroxylation sites is 1. The van der Waals surface area contributed by atoms with Crippen LogP contribution in [-0.4, -0.2) is 56.1 Å².